The summed E-state index contributed by atoms with van der Waals surface area (Å²) in [5, 5.41) is 12.4. The summed E-state index contributed by atoms with van der Waals surface area (Å²) in [6.07, 6.45) is 0.230. The zero-order valence-corrected chi connectivity index (χ0v) is 11.4. The van der Waals surface area contributed by atoms with Crippen molar-refractivity contribution in [3.63, 3.8) is 0 Å². The van der Waals surface area contributed by atoms with E-state index in [4.69, 9.17) is 11.0 Å². The molecule has 1 aromatic heterocycles. The summed E-state index contributed by atoms with van der Waals surface area (Å²) in [5.74, 6) is -0.157. The molecule has 0 unspecified atom stereocenters. The molecule has 1 heterocycles. The number of nitrogens with one attached hydrogen (secondary N) is 1. The van der Waals surface area contributed by atoms with E-state index >= 15 is 0 Å². The predicted molar refractivity (Wildman–Crippen MR) is 70.0 cm³/mol. The fourth-order valence-corrected chi connectivity index (χ4v) is 2.46. The normalized spacial score (nSPS) is 11.1. The Kier molecular flexibility index (Phi) is 3.91. The number of nitriles is 1. The highest BCUT2D eigenvalue weighted by molar-refractivity contribution is 7.16. The van der Waals surface area contributed by atoms with Crippen molar-refractivity contribution in [2.45, 2.75) is 39.7 Å². The number of nitrogens with zero attached hydrogens (tertiary/aromatic N) is 1. The Labute approximate surface area is 105 Å². The summed E-state index contributed by atoms with van der Waals surface area (Å²) >= 11 is 1.42. The number of hydrogen-bond acceptors (Lipinski definition) is 4. The molecule has 0 spiro atoms. The van der Waals surface area contributed by atoms with E-state index in [0.29, 0.717) is 10.6 Å². The number of nitrogens with two attached hydrogens (primary N) is 1. The van der Waals surface area contributed by atoms with Crippen molar-refractivity contribution in [2.24, 2.45) is 5.73 Å². The monoisotopic (exact) mass is 251 g/mol. The molecule has 5 heteroatoms. The number of hydrogen-bond donors (Lipinski definition) is 2. The van der Waals surface area contributed by atoms with Crippen LogP contribution in [0.1, 0.15) is 36.3 Å². The molecular formula is C12H17N3OS. The molecule has 0 atom stereocenters. The number of anilines is 1. The Hall–Kier alpha value is -1.38. The van der Waals surface area contributed by atoms with Crippen LogP contribution >= 0.6 is 11.3 Å². The lowest BCUT2D eigenvalue weighted by atomic mass is 10.0. The largest absolute Gasteiger partial charge is 0.325 e. The minimum Gasteiger partial charge on any atom is -0.325 e. The summed E-state index contributed by atoms with van der Waals surface area (Å²) in [5.41, 5.74) is 6.71. The summed E-state index contributed by atoms with van der Waals surface area (Å²) in [7, 11) is 0. The molecule has 4 nitrogen and oxygen atoms in total. The van der Waals surface area contributed by atoms with Crippen LogP contribution in [0.4, 0.5) is 5.00 Å². The van der Waals surface area contributed by atoms with Gasteiger partial charge in [0.15, 0.2) is 0 Å². The summed E-state index contributed by atoms with van der Waals surface area (Å²) in [6, 6.07) is 2.12. The van der Waals surface area contributed by atoms with Gasteiger partial charge in [0, 0.05) is 16.8 Å². The molecule has 0 bridgehead atoms. The molecule has 0 aliphatic rings. The fourth-order valence-electron chi connectivity index (χ4n) is 1.43. The Morgan fingerprint density at radius 3 is 2.59 bits per heavy atom. The summed E-state index contributed by atoms with van der Waals surface area (Å²) < 4.78 is 0. The second-order valence-electron chi connectivity index (χ2n) is 4.81. The van der Waals surface area contributed by atoms with Gasteiger partial charge < -0.3 is 11.1 Å². The molecule has 1 aromatic rings. The third-order valence-electron chi connectivity index (χ3n) is 2.37. The third kappa shape index (κ3) is 3.55. The van der Waals surface area contributed by atoms with Gasteiger partial charge in [-0.15, -0.1) is 11.3 Å². The number of amides is 1. The smallest absolute Gasteiger partial charge is 0.226 e. The Morgan fingerprint density at radius 2 is 2.12 bits per heavy atom. The van der Waals surface area contributed by atoms with Crippen LogP contribution in [0.3, 0.4) is 0 Å². The number of rotatable bonds is 3. The third-order valence-corrected chi connectivity index (χ3v) is 3.49. The van der Waals surface area contributed by atoms with Crippen molar-refractivity contribution in [2.75, 3.05) is 5.32 Å². The average Bonchev–Trinajstić information content (AvgIpc) is 2.39. The van der Waals surface area contributed by atoms with E-state index in [2.05, 4.69) is 11.4 Å². The highest BCUT2D eigenvalue weighted by Crippen LogP contribution is 2.31. The van der Waals surface area contributed by atoms with E-state index < -0.39 is 5.54 Å². The Bertz CT molecular complexity index is 477. The maximum atomic E-state index is 11.7. The van der Waals surface area contributed by atoms with Crippen molar-refractivity contribution in [3.05, 3.63) is 16.0 Å². The van der Waals surface area contributed by atoms with Crippen molar-refractivity contribution >= 4 is 22.2 Å². The zero-order valence-electron chi connectivity index (χ0n) is 10.5. The molecule has 0 saturated heterocycles. The molecule has 17 heavy (non-hydrogen) atoms. The van der Waals surface area contributed by atoms with Crippen LogP contribution in [-0.2, 0) is 4.79 Å². The van der Waals surface area contributed by atoms with Crippen LogP contribution in [0.2, 0.25) is 0 Å². The first-order valence-electron chi connectivity index (χ1n) is 5.33. The first-order valence-corrected chi connectivity index (χ1v) is 6.15. The lowest BCUT2D eigenvalue weighted by Crippen LogP contribution is -2.36. The topological polar surface area (TPSA) is 78.9 Å². The molecular weight excluding hydrogens is 234 g/mol. The van der Waals surface area contributed by atoms with Crippen LogP contribution in [-0.4, -0.2) is 11.4 Å². The molecule has 0 aliphatic carbocycles. The van der Waals surface area contributed by atoms with Gasteiger partial charge in [0.1, 0.15) is 11.1 Å². The maximum Gasteiger partial charge on any atom is 0.226 e. The van der Waals surface area contributed by atoms with Crippen LogP contribution in [0.25, 0.3) is 0 Å². The van der Waals surface area contributed by atoms with Gasteiger partial charge in [0.25, 0.3) is 0 Å². The lowest BCUT2D eigenvalue weighted by Gasteiger charge is -2.17. The first-order chi connectivity index (χ1) is 7.74. The van der Waals surface area contributed by atoms with Gasteiger partial charge in [-0.05, 0) is 33.3 Å². The SMILES string of the molecule is Cc1sc(NC(=O)CC(C)(C)N)c(C#N)c1C. The Balaban J connectivity index is 2.87. The van der Waals surface area contributed by atoms with Gasteiger partial charge in [-0.25, -0.2) is 0 Å². The second kappa shape index (κ2) is 4.86. The molecule has 0 radical (unpaired) electrons. The van der Waals surface area contributed by atoms with Gasteiger partial charge >= 0.3 is 0 Å². The van der Waals surface area contributed by atoms with E-state index in [9.17, 15) is 4.79 Å². The van der Waals surface area contributed by atoms with Crippen LogP contribution in [0.5, 0.6) is 0 Å². The van der Waals surface area contributed by atoms with Crippen LogP contribution in [0.15, 0.2) is 0 Å². The van der Waals surface area contributed by atoms with Crippen LogP contribution in [0, 0.1) is 25.2 Å². The number of aryl methyl sites for hydroxylation is 1. The minimum atomic E-state index is -0.543. The number of carbonyl (C=O) groups is 1. The highest BCUT2D eigenvalue weighted by atomic mass is 32.1. The molecule has 0 aliphatic heterocycles. The second-order valence-corrected chi connectivity index (χ2v) is 6.04. The van der Waals surface area contributed by atoms with Crippen molar-refractivity contribution in [3.8, 4) is 6.07 Å². The zero-order chi connectivity index (χ0) is 13.2. The molecule has 92 valence electrons. The number of thiophene rings is 1. The summed E-state index contributed by atoms with van der Waals surface area (Å²) in [4.78, 5) is 12.8. The maximum absolute atomic E-state index is 11.7. The quantitative estimate of drug-likeness (QED) is 0.865. The Morgan fingerprint density at radius 1 is 1.53 bits per heavy atom. The number of carbonyl (C=O) groups excluding carboxylic acids is 1. The molecule has 0 fully saturated rings. The van der Waals surface area contributed by atoms with Crippen molar-refractivity contribution < 1.29 is 4.79 Å². The first kappa shape index (κ1) is 13.7. The standard InChI is InChI=1S/C12H17N3OS/c1-7-8(2)17-11(9(7)6-13)15-10(16)5-12(3,4)14/h5,14H2,1-4H3,(H,15,16). The van der Waals surface area contributed by atoms with Crippen molar-refractivity contribution in [1.82, 2.24) is 0 Å². The van der Waals surface area contributed by atoms with E-state index in [1.54, 1.807) is 13.8 Å². The predicted octanol–water partition coefficient (Wildman–Crippen LogP) is 2.30. The van der Waals surface area contributed by atoms with Gasteiger partial charge in [-0.2, -0.15) is 5.26 Å². The fraction of sp³-hybridized carbons (Fsp3) is 0.500. The molecule has 0 aromatic carbocycles. The van der Waals surface area contributed by atoms with E-state index in [-0.39, 0.29) is 12.3 Å². The van der Waals surface area contributed by atoms with E-state index in [1.807, 2.05) is 13.8 Å². The molecule has 0 saturated carbocycles. The lowest BCUT2D eigenvalue weighted by molar-refractivity contribution is -0.117. The van der Waals surface area contributed by atoms with Crippen LogP contribution < -0.4 is 11.1 Å². The van der Waals surface area contributed by atoms with E-state index in [1.165, 1.54) is 11.3 Å². The summed E-state index contributed by atoms with van der Waals surface area (Å²) in [6.45, 7) is 7.40. The molecule has 1 amide bonds. The average molecular weight is 251 g/mol. The minimum absolute atomic E-state index is 0.157. The van der Waals surface area contributed by atoms with Gasteiger partial charge in [0.05, 0.1) is 5.56 Å². The van der Waals surface area contributed by atoms with Gasteiger partial charge in [-0.3, -0.25) is 4.79 Å². The van der Waals surface area contributed by atoms with Gasteiger partial charge in [0.2, 0.25) is 5.91 Å². The van der Waals surface area contributed by atoms with Crippen molar-refractivity contribution in [1.29, 1.82) is 5.26 Å². The highest BCUT2D eigenvalue weighted by Gasteiger charge is 2.19. The molecule has 1 rings (SSSR count). The van der Waals surface area contributed by atoms with E-state index in [0.717, 1.165) is 10.4 Å². The molecule has 3 N–H and O–H groups in total. The van der Waals surface area contributed by atoms with Gasteiger partial charge in [-0.1, -0.05) is 0 Å².